The Kier molecular flexibility index (Phi) is 6.68. The molecule has 1 aliphatic rings. The second-order valence-electron chi connectivity index (χ2n) is 8.31. The van der Waals surface area contributed by atoms with Gasteiger partial charge in [0, 0.05) is 0 Å². The number of likely N-dealkylation sites (tertiary alicyclic amines) is 1. The van der Waals surface area contributed by atoms with E-state index >= 15 is 0 Å². The van der Waals surface area contributed by atoms with Crippen LogP contribution in [-0.2, 0) is 11.4 Å². The molecule has 1 atom stereocenters. The fourth-order valence-corrected chi connectivity index (χ4v) is 4.25. The summed E-state index contributed by atoms with van der Waals surface area (Å²) in [4.78, 5) is 13.8. The smallest absolute Gasteiger partial charge is 0.306 e. The van der Waals surface area contributed by atoms with Gasteiger partial charge in [-0.25, -0.2) is 0 Å². The summed E-state index contributed by atoms with van der Waals surface area (Å²) in [7, 11) is 0. The van der Waals surface area contributed by atoms with Crippen LogP contribution in [-0.4, -0.2) is 29.1 Å². The van der Waals surface area contributed by atoms with Crippen molar-refractivity contribution in [1.29, 1.82) is 0 Å². The molecule has 3 aromatic carbocycles. The maximum absolute atomic E-state index is 11.4. The molecule has 1 aliphatic heterocycles. The Hall–Kier alpha value is -3.11. The minimum atomic E-state index is -0.675. The minimum absolute atomic E-state index is 0.110. The third-order valence-electron chi connectivity index (χ3n) is 6.08. The van der Waals surface area contributed by atoms with E-state index in [1.54, 1.807) is 0 Å². The fourth-order valence-electron chi connectivity index (χ4n) is 4.25. The van der Waals surface area contributed by atoms with Gasteiger partial charge in [0.25, 0.3) is 0 Å². The van der Waals surface area contributed by atoms with Gasteiger partial charge in [-0.3, -0.25) is 9.69 Å². The van der Waals surface area contributed by atoms with E-state index in [1.165, 1.54) is 16.7 Å². The summed E-state index contributed by atoms with van der Waals surface area (Å²) in [5.41, 5.74) is 4.81. The number of carboxylic acid groups (broad SMARTS) is 1. The van der Waals surface area contributed by atoms with Crippen LogP contribution < -0.4 is 4.74 Å². The number of nitrogens with zero attached hydrogens (tertiary/aromatic N) is 1. The molecule has 160 valence electrons. The highest BCUT2D eigenvalue weighted by atomic mass is 16.5. The Morgan fingerprint density at radius 3 is 2.10 bits per heavy atom. The van der Waals surface area contributed by atoms with Gasteiger partial charge in [-0.1, -0.05) is 72.3 Å². The van der Waals surface area contributed by atoms with Gasteiger partial charge in [-0.05, 0) is 61.7 Å². The molecule has 1 saturated heterocycles. The van der Waals surface area contributed by atoms with Gasteiger partial charge < -0.3 is 9.84 Å². The zero-order chi connectivity index (χ0) is 21.6. The Morgan fingerprint density at radius 2 is 1.52 bits per heavy atom. The van der Waals surface area contributed by atoms with Gasteiger partial charge in [0.1, 0.15) is 12.4 Å². The van der Waals surface area contributed by atoms with Crippen LogP contribution in [0.3, 0.4) is 0 Å². The number of benzene rings is 3. The van der Waals surface area contributed by atoms with Crippen LogP contribution in [0.15, 0.2) is 78.9 Å². The number of aryl methyl sites for hydroxylation is 1. The lowest BCUT2D eigenvalue weighted by atomic mass is 9.91. The quantitative estimate of drug-likeness (QED) is 0.557. The molecule has 31 heavy (non-hydrogen) atoms. The van der Waals surface area contributed by atoms with E-state index in [1.807, 2.05) is 30.3 Å². The van der Waals surface area contributed by atoms with Crippen molar-refractivity contribution in [2.75, 3.05) is 13.1 Å². The largest absolute Gasteiger partial charge is 0.489 e. The van der Waals surface area contributed by atoms with Crippen molar-refractivity contribution >= 4 is 5.97 Å². The molecule has 1 unspecified atom stereocenters. The number of carbonyl (C=O) groups is 1. The van der Waals surface area contributed by atoms with Crippen LogP contribution in [0.25, 0.3) is 0 Å². The number of ether oxygens (including phenoxy) is 1. The van der Waals surface area contributed by atoms with Crippen molar-refractivity contribution in [1.82, 2.24) is 4.90 Å². The Balaban J connectivity index is 1.52. The van der Waals surface area contributed by atoms with E-state index in [0.717, 1.165) is 24.4 Å². The molecule has 4 rings (SSSR count). The minimum Gasteiger partial charge on any atom is -0.489 e. The molecule has 1 heterocycles. The SMILES string of the molecule is Cc1ccc(C(c2ccc(OCc3ccccc3)cc2)N2CCC(C(=O)O)CC2)cc1. The standard InChI is InChI=1S/C27H29NO3/c1-20-7-9-22(10-8-20)26(28-17-15-24(16-18-28)27(29)30)23-11-13-25(14-12-23)31-19-21-5-3-2-4-6-21/h2-14,24,26H,15-19H2,1H3,(H,29,30). The summed E-state index contributed by atoms with van der Waals surface area (Å²) < 4.78 is 5.96. The van der Waals surface area contributed by atoms with Crippen LogP contribution >= 0.6 is 0 Å². The summed E-state index contributed by atoms with van der Waals surface area (Å²) in [5, 5.41) is 9.36. The maximum atomic E-state index is 11.4. The van der Waals surface area contributed by atoms with Crippen molar-refractivity contribution in [3.8, 4) is 5.75 Å². The Morgan fingerprint density at radius 1 is 0.935 bits per heavy atom. The summed E-state index contributed by atoms with van der Waals surface area (Å²) in [6.07, 6.45) is 1.38. The van der Waals surface area contributed by atoms with E-state index in [-0.39, 0.29) is 12.0 Å². The summed E-state index contributed by atoms with van der Waals surface area (Å²) in [6, 6.07) is 27.2. The van der Waals surface area contributed by atoms with Crippen LogP contribution in [0.2, 0.25) is 0 Å². The predicted molar refractivity (Wildman–Crippen MR) is 122 cm³/mol. The van der Waals surface area contributed by atoms with Crippen molar-refractivity contribution in [2.45, 2.75) is 32.4 Å². The molecule has 4 nitrogen and oxygen atoms in total. The fraction of sp³-hybridized carbons (Fsp3) is 0.296. The zero-order valence-electron chi connectivity index (χ0n) is 17.9. The lowest BCUT2D eigenvalue weighted by molar-refractivity contribution is -0.143. The summed E-state index contributed by atoms with van der Waals surface area (Å²) in [6.45, 7) is 4.20. The van der Waals surface area contributed by atoms with Crippen molar-refractivity contribution in [3.05, 3.63) is 101 Å². The van der Waals surface area contributed by atoms with E-state index < -0.39 is 5.97 Å². The average molecular weight is 416 g/mol. The van der Waals surface area contributed by atoms with E-state index in [4.69, 9.17) is 4.74 Å². The van der Waals surface area contributed by atoms with E-state index in [0.29, 0.717) is 19.4 Å². The van der Waals surface area contributed by atoms with Gasteiger partial charge in [-0.2, -0.15) is 0 Å². The summed E-state index contributed by atoms with van der Waals surface area (Å²) >= 11 is 0. The number of carboxylic acids is 1. The third-order valence-corrected chi connectivity index (χ3v) is 6.08. The van der Waals surface area contributed by atoms with Crippen LogP contribution in [0.5, 0.6) is 5.75 Å². The Labute approximate surface area is 184 Å². The van der Waals surface area contributed by atoms with Gasteiger partial charge in [0.05, 0.1) is 12.0 Å². The van der Waals surface area contributed by atoms with E-state index in [2.05, 4.69) is 60.4 Å². The first-order valence-corrected chi connectivity index (χ1v) is 10.9. The predicted octanol–water partition coefficient (Wildman–Crippen LogP) is 5.46. The van der Waals surface area contributed by atoms with E-state index in [9.17, 15) is 9.90 Å². The topological polar surface area (TPSA) is 49.8 Å². The highest BCUT2D eigenvalue weighted by Crippen LogP contribution is 2.33. The molecule has 0 saturated carbocycles. The molecule has 0 amide bonds. The van der Waals surface area contributed by atoms with Gasteiger partial charge in [-0.15, -0.1) is 0 Å². The first-order chi connectivity index (χ1) is 15.1. The average Bonchev–Trinajstić information content (AvgIpc) is 2.81. The molecular weight excluding hydrogens is 386 g/mol. The molecule has 0 radical (unpaired) electrons. The van der Waals surface area contributed by atoms with Gasteiger partial charge >= 0.3 is 5.97 Å². The number of rotatable bonds is 7. The molecule has 0 aromatic heterocycles. The molecule has 0 bridgehead atoms. The van der Waals surface area contributed by atoms with Crippen LogP contribution in [0.1, 0.15) is 41.1 Å². The van der Waals surface area contributed by atoms with Crippen molar-refractivity contribution < 1.29 is 14.6 Å². The number of hydrogen-bond donors (Lipinski definition) is 1. The Bertz CT molecular complexity index is 975. The number of aliphatic carboxylic acids is 1. The van der Waals surface area contributed by atoms with Crippen molar-refractivity contribution in [2.24, 2.45) is 5.92 Å². The second-order valence-corrected chi connectivity index (χ2v) is 8.31. The third kappa shape index (κ3) is 5.33. The lowest BCUT2D eigenvalue weighted by Gasteiger charge is -2.37. The first kappa shape index (κ1) is 21.1. The van der Waals surface area contributed by atoms with Gasteiger partial charge in [0.15, 0.2) is 0 Å². The molecule has 0 aliphatic carbocycles. The second kappa shape index (κ2) is 9.80. The normalized spacial score (nSPS) is 16.0. The number of hydrogen-bond acceptors (Lipinski definition) is 3. The summed E-state index contributed by atoms with van der Waals surface area (Å²) in [5.74, 6) is -0.0602. The monoisotopic (exact) mass is 415 g/mol. The molecule has 4 heteroatoms. The molecule has 1 fully saturated rings. The van der Waals surface area contributed by atoms with Crippen LogP contribution in [0.4, 0.5) is 0 Å². The highest BCUT2D eigenvalue weighted by Gasteiger charge is 2.30. The highest BCUT2D eigenvalue weighted by molar-refractivity contribution is 5.70. The lowest BCUT2D eigenvalue weighted by Crippen LogP contribution is -2.39. The molecular formula is C27H29NO3. The first-order valence-electron chi connectivity index (χ1n) is 10.9. The number of piperidine rings is 1. The van der Waals surface area contributed by atoms with Crippen molar-refractivity contribution in [3.63, 3.8) is 0 Å². The van der Waals surface area contributed by atoms with Gasteiger partial charge in [0.2, 0.25) is 0 Å². The molecule has 3 aromatic rings. The molecule has 0 spiro atoms. The molecule has 1 N–H and O–H groups in total. The zero-order valence-corrected chi connectivity index (χ0v) is 17.9. The maximum Gasteiger partial charge on any atom is 0.306 e. The van der Waals surface area contributed by atoms with Crippen LogP contribution in [0, 0.1) is 12.8 Å².